The van der Waals surface area contributed by atoms with Crippen molar-refractivity contribution in [3.8, 4) is 0 Å². The van der Waals surface area contributed by atoms with Gasteiger partial charge in [-0.15, -0.1) is 0 Å². The average molecular weight is 275 g/mol. The molecule has 1 unspecified atom stereocenters. The fraction of sp³-hybridized carbons (Fsp3) is 0.429. The molecule has 0 spiro atoms. The first-order valence-electron chi connectivity index (χ1n) is 6.65. The van der Waals surface area contributed by atoms with Crippen LogP contribution in [0.1, 0.15) is 5.56 Å². The molecule has 2 aliphatic rings. The zero-order valence-corrected chi connectivity index (χ0v) is 11.0. The minimum atomic E-state index is -0.584. The fourth-order valence-corrected chi connectivity index (χ4v) is 2.77. The van der Waals surface area contributed by atoms with Crippen LogP contribution >= 0.6 is 0 Å². The Morgan fingerprint density at radius 1 is 1.25 bits per heavy atom. The summed E-state index contributed by atoms with van der Waals surface area (Å²) in [5.74, 6) is -1.10. The number of carbonyl (C=O) groups excluding carboxylic acids is 2. The van der Waals surface area contributed by atoms with Gasteiger partial charge in [0.2, 0.25) is 0 Å². The number of nitrogens with two attached hydrogens (primary N) is 1. The number of hydrogen-bond donors (Lipinski definition) is 2. The zero-order valence-electron chi connectivity index (χ0n) is 11.0. The molecule has 1 aromatic carbocycles. The van der Waals surface area contributed by atoms with Crippen molar-refractivity contribution in [2.24, 2.45) is 5.73 Å². The van der Waals surface area contributed by atoms with Crippen molar-refractivity contribution in [2.45, 2.75) is 24.7 Å². The number of benzene rings is 1. The van der Waals surface area contributed by atoms with Gasteiger partial charge in [0.25, 0.3) is 0 Å². The van der Waals surface area contributed by atoms with Crippen LogP contribution in [0.15, 0.2) is 30.3 Å². The molecule has 2 aliphatic heterocycles. The summed E-state index contributed by atoms with van der Waals surface area (Å²) in [5.41, 5.74) is 6.95. The van der Waals surface area contributed by atoms with Gasteiger partial charge in [0, 0.05) is 6.54 Å². The van der Waals surface area contributed by atoms with Gasteiger partial charge in [0.1, 0.15) is 0 Å². The van der Waals surface area contributed by atoms with E-state index < -0.39 is 11.8 Å². The van der Waals surface area contributed by atoms with Gasteiger partial charge in [-0.05, 0) is 5.56 Å². The van der Waals surface area contributed by atoms with E-state index in [2.05, 4.69) is 5.32 Å². The number of hydrogen-bond acceptors (Lipinski definition) is 4. The Morgan fingerprint density at radius 2 is 2.00 bits per heavy atom. The summed E-state index contributed by atoms with van der Waals surface area (Å²) < 4.78 is 5.43. The lowest BCUT2D eigenvalue weighted by Crippen LogP contribution is -2.71. The number of fused-ring (bicyclic) bond motifs is 1. The Balaban J connectivity index is 1.85. The van der Waals surface area contributed by atoms with Crippen molar-refractivity contribution >= 4 is 11.8 Å². The molecule has 2 amide bonds. The summed E-state index contributed by atoms with van der Waals surface area (Å²) in [6, 6.07) is 8.85. The van der Waals surface area contributed by atoms with Gasteiger partial charge in [0.05, 0.1) is 31.3 Å². The second-order valence-electron chi connectivity index (χ2n) is 5.19. The minimum Gasteiger partial charge on any atom is -0.378 e. The SMILES string of the molecule is N[C@H]1COCC2[C@@H]1NC(=O)C(=O)N2Cc1ccccc1. The van der Waals surface area contributed by atoms with Gasteiger partial charge in [-0.1, -0.05) is 30.3 Å². The molecule has 0 aliphatic carbocycles. The van der Waals surface area contributed by atoms with E-state index in [4.69, 9.17) is 10.5 Å². The third-order valence-corrected chi connectivity index (χ3v) is 3.82. The van der Waals surface area contributed by atoms with Crippen molar-refractivity contribution in [3.63, 3.8) is 0 Å². The molecule has 1 aromatic rings. The van der Waals surface area contributed by atoms with Crippen LogP contribution in [0, 0.1) is 0 Å². The van der Waals surface area contributed by atoms with Gasteiger partial charge in [-0.2, -0.15) is 0 Å². The molecule has 0 bridgehead atoms. The molecule has 6 nitrogen and oxygen atoms in total. The number of rotatable bonds is 2. The van der Waals surface area contributed by atoms with E-state index in [-0.39, 0.29) is 18.1 Å². The lowest BCUT2D eigenvalue weighted by Gasteiger charge is -2.45. The Kier molecular flexibility index (Phi) is 3.42. The molecule has 0 radical (unpaired) electrons. The van der Waals surface area contributed by atoms with Gasteiger partial charge >= 0.3 is 11.8 Å². The Labute approximate surface area is 116 Å². The van der Waals surface area contributed by atoms with Gasteiger partial charge in [0.15, 0.2) is 0 Å². The predicted molar refractivity (Wildman–Crippen MR) is 71.5 cm³/mol. The standard InChI is InChI=1S/C14H17N3O3/c15-10-7-20-8-11-12(10)16-13(18)14(19)17(11)6-9-4-2-1-3-5-9/h1-5,10-12H,6-8,15H2,(H,16,18)/t10-,11?,12+/m0/s1. The molecule has 2 saturated heterocycles. The molecule has 2 heterocycles. The van der Waals surface area contributed by atoms with Crippen molar-refractivity contribution in [3.05, 3.63) is 35.9 Å². The molecule has 3 atom stereocenters. The summed E-state index contributed by atoms with van der Waals surface area (Å²) in [4.78, 5) is 25.5. The molecule has 6 heteroatoms. The summed E-state index contributed by atoms with van der Waals surface area (Å²) in [6.45, 7) is 1.19. The first-order valence-corrected chi connectivity index (χ1v) is 6.65. The number of nitrogens with one attached hydrogen (secondary N) is 1. The van der Waals surface area contributed by atoms with Crippen LogP contribution in [0.25, 0.3) is 0 Å². The maximum Gasteiger partial charge on any atom is 0.312 e. The highest BCUT2D eigenvalue weighted by atomic mass is 16.5. The van der Waals surface area contributed by atoms with Crippen LogP contribution in [0.3, 0.4) is 0 Å². The maximum atomic E-state index is 12.1. The average Bonchev–Trinajstić information content (AvgIpc) is 2.46. The first kappa shape index (κ1) is 13.1. The molecular weight excluding hydrogens is 258 g/mol. The van der Waals surface area contributed by atoms with Crippen LogP contribution in [0.4, 0.5) is 0 Å². The fourth-order valence-electron chi connectivity index (χ4n) is 2.77. The monoisotopic (exact) mass is 275 g/mol. The third kappa shape index (κ3) is 2.28. The molecule has 3 rings (SSSR count). The van der Waals surface area contributed by atoms with Gasteiger partial charge < -0.3 is 20.7 Å². The summed E-state index contributed by atoms with van der Waals surface area (Å²) in [6.07, 6.45) is 0. The molecular formula is C14H17N3O3. The topological polar surface area (TPSA) is 84.7 Å². The summed E-state index contributed by atoms with van der Waals surface area (Å²) in [5, 5.41) is 2.70. The van der Waals surface area contributed by atoms with E-state index in [0.717, 1.165) is 5.56 Å². The van der Waals surface area contributed by atoms with Gasteiger partial charge in [-0.25, -0.2) is 0 Å². The van der Waals surface area contributed by atoms with E-state index in [1.807, 2.05) is 30.3 Å². The third-order valence-electron chi connectivity index (χ3n) is 3.82. The lowest BCUT2D eigenvalue weighted by molar-refractivity contribution is -0.157. The normalized spacial score (nSPS) is 29.9. The zero-order chi connectivity index (χ0) is 14.1. The highest BCUT2D eigenvalue weighted by molar-refractivity contribution is 6.35. The molecule has 0 saturated carbocycles. The molecule has 20 heavy (non-hydrogen) atoms. The van der Waals surface area contributed by atoms with E-state index >= 15 is 0 Å². The van der Waals surface area contributed by atoms with Crippen molar-refractivity contribution in [2.75, 3.05) is 13.2 Å². The Bertz CT molecular complexity index is 520. The second kappa shape index (κ2) is 5.22. The summed E-state index contributed by atoms with van der Waals surface area (Å²) >= 11 is 0. The van der Waals surface area contributed by atoms with E-state index in [9.17, 15) is 9.59 Å². The number of amides is 2. The van der Waals surface area contributed by atoms with E-state index in [1.165, 1.54) is 0 Å². The largest absolute Gasteiger partial charge is 0.378 e. The molecule has 2 fully saturated rings. The molecule has 3 N–H and O–H groups in total. The Hall–Kier alpha value is -1.92. The van der Waals surface area contributed by atoms with Crippen LogP contribution in [0.5, 0.6) is 0 Å². The summed E-state index contributed by atoms with van der Waals surface area (Å²) in [7, 11) is 0. The van der Waals surface area contributed by atoms with Crippen molar-refractivity contribution in [1.82, 2.24) is 10.2 Å². The highest BCUT2D eigenvalue weighted by Crippen LogP contribution is 2.20. The quantitative estimate of drug-likeness (QED) is 0.695. The first-order chi connectivity index (χ1) is 9.66. The smallest absolute Gasteiger partial charge is 0.312 e. The van der Waals surface area contributed by atoms with Crippen LogP contribution in [0.2, 0.25) is 0 Å². The molecule has 106 valence electrons. The van der Waals surface area contributed by atoms with Crippen molar-refractivity contribution in [1.29, 1.82) is 0 Å². The van der Waals surface area contributed by atoms with Crippen LogP contribution in [-0.2, 0) is 20.9 Å². The maximum absolute atomic E-state index is 12.1. The predicted octanol–water partition coefficient (Wildman–Crippen LogP) is -0.760. The lowest BCUT2D eigenvalue weighted by atomic mass is 9.94. The van der Waals surface area contributed by atoms with Gasteiger partial charge in [-0.3, -0.25) is 9.59 Å². The highest BCUT2D eigenvalue weighted by Gasteiger charge is 2.45. The number of nitrogens with zero attached hydrogens (tertiary/aromatic N) is 1. The van der Waals surface area contributed by atoms with Crippen LogP contribution in [-0.4, -0.2) is 48.1 Å². The molecule has 0 aromatic heterocycles. The van der Waals surface area contributed by atoms with E-state index in [1.54, 1.807) is 4.90 Å². The van der Waals surface area contributed by atoms with E-state index in [0.29, 0.717) is 19.8 Å². The number of piperazine rings is 1. The Morgan fingerprint density at radius 3 is 2.75 bits per heavy atom. The minimum absolute atomic E-state index is 0.204. The number of ether oxygens (including phenoxy) is 1. The second-order valence-corrected chi connectivity index (χ2v) is 5.19. The van der Waals surface area contributed by atoms with Crippen LogP contribution < -0.4 is 11.1 Å². The van der Waals surface area contributed by atoms with Crippen molar-refractivity contribution < 1.29 is 14.3 Å². The number of carbonyl (C=O) groups is 2.